The van der Waals surface area contributed by atoms with Crippen LogP contribution in [0.5, 0.6) is 5.75 Å². The van der Waals surface area contributed by atoms with Gasteiger partial charge in [-0.2, -0.15) is 0 Å². The number of rotatable bonds is 5. The van der Waals surface area contributed by atoms with Gasteiger partial charge in [0.15, 0.2) is 0 Å². The summed E-state index contributed by atoms with van der Waals surface area (Å²) >= 11 is 0. The van der Waals surface area contributed by atoms with Crippen LogP contribution in [0.2, 0.25) is 0 Å². The van der Waals surface area contributed by atoms with Crippen molar-refractivity contribution >= 4 is 5.91 Å². The van der Waals surface area contributed by atoms with Crippen molar-refractivity contribution in [2.45, 2.75) is 50.9 Å². The fourth-order valence-electron chi connectivity index (χ4n) is 3.18. The van der Waals surface area contributed by atoms with Crippen molar-refractivity contribution < 1.29 is 19.4 Å². The van der Waals surface area contributed by atoms with Crippen molar-refractivity contribution in [1.82, 2.24) is 5.32 Å². The molecule has 3 rings (SSSR count). The predicted octanol–water partition coefficient (Wildman–Crippen LogP) is 1.97. The van der Waals surface area contributed by atoms with E-state index in [1.165, 1.54) is 12.7 Å². The summed E-state index contributed by atoms with van der Waals surface area (Å²) in [6.07, 6.45) is 2.08. The molecule has 126 valence electrons. The van der Waals surface area contributed by atoms with Crippen LogP contribution in [0.25, 0.3) is 0 Å². The van der Waals surface area contributed by atoms with Crippen LogP contribution >= 0.6 is 0 Å². The van der Waals surface area contributed by atoms with Crippen molar-refractivity contribution in [3.05, 3.63) is 29.3 Å². The molecule has 5 heteroatoms. The molecule has 2 aliphatic rings. The molecule has 1 aromatic carbocycles. The minimum absolute atomic E-state index is 0.105. The first-order chi connectivity index (χ1) is 10.9. The number of nitrogens with one attached hydrogen (secondary N) is 1. The molecule has 0 bridgehead atoms. The van der Waals surface area contributed by atoms with Crippen molar-refractivity contribution in [1.29, 1.82) is 0 Å². The van der Waals surface area contributed by atoms with Crippen LogP contribution in [0.1, 0.15) is 43.9 Å². The lowest BCUT2D eigenvalue weighted by atomic mass is 9.74. The highest BCUT2D eigenvalue weighted by Gasteiger charge is 2.38. The number of amides is 1. The summed E-state index contributed by atoms with van der Waals surface area (Å²) in [6, 6.07) is 6.01. The van der Waals surface area contributed by atoms with Gasteiger partial charge in [-0.15, -0.1) is 0 Å². The zero-order chi connectivity index (χ0) is 16.6. The average Bonchev–Trinajstić information content (AvgIpc) is 2.97. The van der Waals surface area contributed by atoms with E-state index in [-0.39, 0.29) is 24.0 Å². The van der Waals surface area contributed by atoms with Gasteiger partial charge in [0.1, 0.15) is 11.4 Å². The molecule has 1 atom stereocenters. The summed E-state index contributed by atoms with van der Waals surface area (Å²) in [5, 5.41) is 12.8. The van der Waals surface area contributed by atoms with Gasteiger partial charge in [0.05, 0.1) is 18.8 Å². The molecular weight excluding hydrogens is 294 g/mol. The van der Waals surface area contributed by atoms with Crippen LogP contribution in [0, 0.1) is 5.92 Å². The third-order valence-corrected chi connectivity index (χ3v) is 5.04. The highest BCUT2D eigenvalue weighted by Crippen LogP contribution is 2.40. The molecule has 0 aromatic heterocycles. The standard InChI is InChI=1S/C18H25NO4/c1-18(2,22-3)17(21)19-16(13-9-14(20)10-13)12-4-5-15-11(8-12)6-7-23-15/h4-5,8,13-14,16,20H,6-7,9-10H2,1-3H3,(H,19,21)/t13?,14?,16-/m1/s1. The summed E-state index contributed by atoms with van der Waals surface area (Å²) in [6.45, 7) is 4.23. The molecule has 0 saturated heterocycles. The second-order valence-electron chi connectivity index (χ2n) is 7.02. The fourth-order valence-corrected chi connectivity index (χ4v) is 3.18. The number of ether oxygens (including phenoxy) is 2. The molecule has 23 heavy (non-hydrogen) atoms. The first kappa shape index (κ1) is 16.3. The second kappa shape index (κ2) is 6.13. The van der Waals surface area contributed by atoms with Gasteiger partial charge in [-0.05, 0) is 55.9 Å². The van der Waals surface area contributed by atoms with Gasteiger partial charge in [0.2, 0.25) is 0 Å². The Bertz CT molecular complexity index is 593. The lowest BCUT2D eigenvalue weighted by Gasteiger charge is -2.39. The maximum absolute atomic E-state index is 12.5. The first-order valence-electron chi connectivity index (χ1n) is 8.20. The van der Waals surface area contributed by atoms with E-state index in [0.717, 1.165) is 17.7 Å². The van der Waals surface area contributed by atoms with Crippen LogP contribution in [-0.2, 0) is 16.0 Å². The van der Waals surface area contributed by atoms with Crippen molar-refractivity contribution in [3.63, 3.8) is 0 Å². The number of aliphatic hydroxyl groups is 1. The second-order valence-corrected chi connectivity index (χ2v) is 7.02. The van der Waals surface area contributed by atoms with Gasteiger partial charge in [-0.25, -0.2) is 0 Å². The predicted molar refractivity (Wildman–Crippen MR) is 86.3 cm³/mol. The summed E-state index contributed by atoms with van der Waals surface area (Å²) in [7, 11) is 1.54. The highest BCUT2D eigenvalue weighted by molar-refractivity contribution is 5.84. The Balaban J connectivity index is 1.83. The molecular formula is C18H25NO4. The molecule has 1 aromatic rings. The number of carbonyl (C=O) groups excluding carboxylic acids is 1. The molecule has 0 spiro atoms. The van der Waals surface area contributed by atoms with Crippen molar-refractivity contribution in [2.75, 3.05) is 13.7 Å². The molecule has 1 amide bonds. The first-order valence-corrected chi connectivity index (χ1v) is 8.20. The smallest absolute Gasteiger partial charge is 0.252 e. The SMILES string of the molecule is COC(C)(C)C(=O)N[C@H](c1ccc2c(c1)CCO2)C1CC(O)C1. The summed E-state index contributed by atoms with van der Waals surface area (Å²) < 4.78 is 10.8. The van der Waals surface area contributed by atoms with Crippen LogP contribution in [0.15, 0.2) is 18.2 Å². The maximum atomic E-state index is 12.5. The zero-order valence-electron chi connectivity index (χ0n) is 14.0. The third kappa shape index (κ3) is 3.21. The largest absolute Gasteiger partial charge is 0.493 e. The topological polar surface area (TPSA) is 67.8 Å². The Labute approximate surface area is 137 Å². The lowest BCUT2D eigenvalue weighted by molar-refractivity contribution is -0.141. The highest BCUT2D eigenvalue weighted by atomic mass is 16.5. The number of carbonyl (C=O) groups is 1. The quantitative estimate of drug-likeness (QED) is 0.871. The maximum Gasteiger partial charge on any atom is 0.252 e. The van der Waals surface area contributed by atoms with Gasteiger partial charge in [-0.1, -0.05) is 6.07 Å². The van der Waals surface area contributed by atoms with Gasteiger partial charge >= 0.3 is 0 Å². The minimum Gasteiger partial charge on any atom is -0.493 e. The Morgan fingerprint density at radius 3 is 2.83 bits per heavy atom. The molecule has 1 saturated carbocycles. The van der Waals surface area contributed by atoms with E-state index in [0.29, 0.717) is 19.4 Å². The molecule has 0 radical (unpaired) electrons. The summed E-state index contributed by atoms with van der Waals surface area (Å²) in [4.78, 5) is 12.5. The molecule has 0 unspecified atom stereocenters. The van der Waals surface area contributed by atoms with E-state index in [1.807, 2.05) is 12.1 Å². The number of hydrogen-bond donors (Lipinski definition) is 2. The number of methoxy groups -OCH3 is 1. The minimum atomic E-state index is -0.875. The van der Waals surface area contributed by atoms with Gasteiger partial charge in [0, 0.05) is 13.5 Å². The third-order valence-electron chi connectivity index (χ3n) is 5.04. The van der Waals surface area contributed by atoms with Crippen LogP contribution in [-0.4, -0.2) is 36.4 Å². The van der Waals surface area contributed by atoms with Crippen molar-refractivity contribution in [2.24, 2.45) is 5.92 Å². The molecule has 1 aliphatic heterocycles. The molecule has 2 N–H and O–H groups in total. The molecule has 5 nitrogen and oxygen atoms in total. The Morgan fingerprint density at radius 2 is 2.17 bits per heavy atom. The molecule has 1 fully saturated rings. The Hall–Kier alpha value is -1.59. The monoisotopic (exact) mass is 319 g/mol. The molecule has 1 aliphatic carbocycles. The summed E-state index contributed by atoms with van der Waals surface area (Å²) in [5.41, 5.74) is 1.39. The van der Waals surface area contributed by atoms with Crippen LogP contribution < -0.4 is 10.1 Å². The zero-order valence-corrected chi connectivity index (χ0v) is 14.0. The van der Waals surface area contributed by atoms with E-state index in [4.69, 9.17) is 9.47 Å². The lowest BCUT2D eigenvalue weighted by Crippen LogP contribution is -2.49. The van der Waals surface area contributed by atoms with Crippen LogP contribution in [0.4, 0.5) is 0 Å². The Morgan fingerprint density at radius 1 is 1.43 bits per heavy atom. The molecule has 1 heterocycles. The van der Waals surface area contributed by atoms with Crippen LogP contribution in [0.3, 0.4) is 0 Å². The van der Waals surface area contributed by atoms with Gasteiger partial charge in [0.25, 0.3) is 5.91 Å². The van der Waals surface area contributed by atoms with E-state index < -0.39 is 5.60 Å². The van der Waals surface area contributed by atoms with E-state index in [2.05, 4.69) is 11.4 Å². The van der Waals surface area contributed by atoms with E-state index >= 15 is 0 Å². The number of aliphatic hydroxyl groups excluding tert-OH is 1. The average molecular weight is 319 g/mol. The summed E-state index contributed by atoms with van der Waals surface area (Å²) in [5.74, 6) is 1.05. The van der Waals surface area contributed by atoms with Gasteiger partial charge < -0.3 is 19.9 Å². The Kier molecular flexibility index (Phi) is 4.34. The number of fused-ring (bicyclic) bond motifs is 1. The number of hydrogen-bond acceptors (Lipinski definition) is 4. The fraction of sp³-hybridized carbons (Fsp3) is 0.611. The number of benzene rings is 1. The van der Waals surface area contributed by atoms with E-state index in [1.54, 1.807) is 13.8 Å². The van der Waals surface area contributed by atoms with Crippen molar-refractivity contribution in [3.8, 4) is 5.75 Å². The normalized spacial score (nSPS) is 24.3. The van der Waals surface area contributed by atoms with Gasteiger partial charge in [-0.3, -0.25) is 4.79 Å². The van der Waals surface area contributed by atoms with E-state index in [9.17, 15) is 9.90 Å².